The molecule has 0 radical (unpaired) electrons. The Morgan fingerprint density at radius 3 is 2.08 bits per heavy atom. The number of rotatable bonds is 3. The smallest absolute Gasteiger partial charge is 0.332 e. The van der Waals surface area contributed by atoms with E-state index in [0.717, 1.165) is 33.3 Å². The van der Waals surface area contributed by atoms with Gasteiger partial charge in [0.15, 0.2) is 0 Å². The number of nitrogens with zero attached hydrogens (tertiary/aromatic N) is 3. The Labute approximate surface area is 300 Å². The van der Waals surface area contributed by atoms with Crippen LogP contribution in [0.1, 0.15) is 1.37 Å². The molecule has 0 fully saturated rings. The highest BCUT2D eigenvalue weighted by Gasteiger charge is 2.42. The Bertz CT molecular complexity index is 3050. The molecule has 0 amide bonds. The fourth-order valence-corrected chi connectivity index (χ4v) is 9.51. The zero-order chi connectivity index (χ0) is 34.3. The molecule has 0 saturated carbocycles. The van der Waals surface area contributed by atoms with E-state index in [0.29, 0.717) is 12.0 Å². The molecule has 0 bridgehead atoms. The summed E-state index contributed by atoms with van der Waals surface area (Å²) in [5.74, 6) is 0.609. The molecule has 5 heteroatoms. The van der Waals surface area contributed by atoms with Crippen molar-refractivity contribution >= 4 is 93.4 Å². The largest absolute Gasteiger partial charge is 0.345 e. The Kier molecular flexibility index (Phi) is 5.99. The Morgan fingerprint density at radius 1 is 0.549 bits per heavy atom. The van der Waals surface area contributed by atoms with Crippen LogP contribution in [-0.4, -0.2) is 16.8 Å². The van der Waals surface area contributed by atoms with E-state index < -0.39 is 0 Å². The predicted molar refractivity (Wildman–Crippen MR) is 218 cm³/mol. The average molecular weight is 667 g/mol. The Hall–Kier alpha value is -6.30. The topological polar surface area (TPSA) is 29.0 Å². The number of fused-ring (bicyclic) bond motifs is 13. The summed E-state index contributed by atoms with van der Waals surface area (Å²) in [5, 5.41) is 8.09. The molecular formula is C46H28BN3S. The number of aromatic nitrogens is 2. The van der Waals surface area contributed by atoms with Crippen molar-refractivity contribution in [1.82, 2.24) is 9.97 Å². The van der Waals surface area contributed by atoms with Gasteiger partial charge in [0.1, 0.15) is 0 Å². The SMILES string of the molecule is [2H]c1cccc2nc(N3B(c4ccccc4)c4ccc5ccccc5c4-c4c3c3c5ccccc5sc3c3ccccc43)nc(-c3ccccc3)c12. The minimum atomic E-state index is -0.239. The van der Waals surface area contributed by atoms with Crippen LogP contribution in [0.3, 0.4) is 0 Å². The van der Waals surface area contributed by atoms with E-state index >= 15 is 0 Å². The third-order valence-corrected chi connectivity index (χ3v) is 11.6. The Balaban J connectivity index is 1.39. The summed E-state index contributed by atoms with van der Waals surface area (Å²) in [7, 11) is 0. The molecule has 0 unspecified atom stereocenters. The average Bonchev–Trinajstić information content (AvgIpc) is 3.60. The highest BCUT2D eigenvalue weighted by molar-refractivity contribution is 7.27. The van der Waals surface area contributed by atoms with Crippen molar-refractivity contribution in [2.24, 2.45) is 0 Å². The van der Waals surface area contributed by atoms with E-state index in [1.807, 2.05) is 47.7 Å². The second-order valence-corrected chi connectivity index (χ2v) is 14.2. The van der Waals surface area contributed by atoms with Crippen LogP contribution < -0.4 is 15.7 Å². The van der Waals surface area contributed by atoms with Crippen LogP contribution in [0, 0.1) is 0 Å². The van der Waals surface area contributed by atoms with E-state index in [1.54, 1.807) is 0 Å². The highest BCUT2D eigenvalue weighted by atomic mass is 32.1. The maximum atomic E-state index is 9.01. The van der Waals surface area contributed by atoms with Gasteiger partial charge >= 0.3 is 6.85 Å². The lowest BCUT2D eigenvalue weighted by molar-refractivity contribution is 1.16. The summed E-state index contributed by atoms with van der Waals surface area (Å²) in [5.41, 5.74) is 8.40. The summed E-state index contributed by atoms with van der Waals surface area (Å²) in [6.07, 6.45) is 0. The highest BCUT2D eigenvalue weighted by Crippen LogP contribution is 2.54. The van der Waals surface area contributed by atoms with Gasteiger partial charge in [-0.1, -0.05) is 163 Å². The van der Waals surface area contributed by atoms with Crippen LogP contribution in [0.25, 0.3) is 75.0 Å². The lowest BCUT2D eigenvalue weighted by atomic mass is 9.45. The van der Waals surface area contributed by atoms with E-state index in [1.165, 1.54) is 58.3 Å². The van der Waals surface area contributed by atoms with Gasteiger partial charge in [-0.2, -0.15) is 0 Å². The van der Waals surface area contributed by atoms with Crippen molar-refractivity contribution in [3.05, 3.63) is 170 Å². The summed E-state index contributed by atoms with van der Waals surface area (Å²) in [6.45, 7) is -0.239. The van der Waals surface area contributed by atoms with Crippen molar-refractivity contribution in [3.8, 4) is 22.4 Å². The number of hydrogen-bond acceptors (Lipinski definition) is 4. The maximum Gasteiger partial charge on any atom is 0.332 e. The van der Waals surface area contributed by atoms with E-state index in [2.05, 4.69) is 132 Å². The fourth-order valence-electron chi connectivity index (χ4n) is 8.27. The first kappa shape index (κ1) is 27.5. The van der Waals surface area contributed by atoms with Gasteiger partial charge in [-0.3, -0.25) is 0 Å². The maximum absolute atomic E-state index is 9.01. The molecule has 0 atom stereocenters. The van der Waals surface area contributed by atoms with Crippen LogP contribution >= 0.6 is 11.3 Å². The molecule has 1 aliphatic heterocycles. The van der Waals surface area contributed by atoms with Crippen molar-refractivity contribution in [1.29, 1.82) is 0 Å². The first-order chi connectivity index (χ1) is 25.7. The molecule has 0 N–H and O–H groups in total. The monoisotopic (exact) mass is 666 g/mol. The molecule has 8 aromatic carbocycles. The summed E-state index contributed by atoms with van der Waals surface area (Å²) in [4.78, 5) is 13.3. The van der Waals surface area contributed by atoms with Crippen molar-refractivity contribution in [2.45, 2.75) is 0 Å². The second-order valence-electron chi connectivity index (χ2n) is 13.2. The number of anilines is 2. The first-order valence-electron chi connectivity index (χ1n) is 17.8. The van der Waals surface area contributed by atoms with Crippen molar-refractivity contribution in [2.75, 3.05) is 4.81 Å². The first-order valence-corrected chi connectivity index (χ1v) is 18.1. The van der Waals surface area contributed by atoms with Crippen LogP contribution in [0.2, 0.25) is 0 Å². The van der Waals surface area contributed by atoms with E-state index in [9.17, 15) is 0 Å². The molecule has 3 heterocycles. The number of para-hydroxylation sites is 1. The molecule has 51 heavy (non-hydrogen) atoms. The molecule has 11 rings (SSSR count). The number of benzene rings is 8. The quantitative estimate of drug-likeness (QED) is 0.176. The van der Waals surface area contributed by atoms with Crippen LogP contribution in [0.5, 0.6) is 0 Å². The third kappa shape index (κ3) is 4.19. The molecule has 2 aromatic heterocycles. The van der Waals surface area contributed by atoms with Gasteiger partial charge < -0.3 is 4.81 Å². The molecule has 0 spiro atoms. The molecular weight excluding hydrogens is 637 g/mol. The third-order valence-electron chi connectivity index (χ3n) is 10.4. The summed E-state index contributed by atoms with van der Waals surface area (Å²) >= 11 is 1.86. The van der Waals surface area contributed by atoms with Gasteiger partial charge in [-0.15, -0.1) is 11.3 Å². The predicted octanol–water partition coefficient (Wildman–Crippen LogP) is 10.9. The Morgan fingerprint density at radius 2 is 1.24 bits per heavy atom. The fraction of sp³-hybridized carbons (Fsp3) is 0. The van der Waals surface area contributed by atoms with Crippen LogP contribution in [0.4, 0.5) is 11.6 Å². The van der Waals surface area contributed by atoms with E-state index in [4.69, 9.17) is 11.3 Å². The van der Waals surface area contributed by atoms with Crippen LogP contribution in [0.15, 0.2) is 170 Å². The normalized spacial score (nSPS) is 12.9. The van der Waals surface area contributed by atoms with Crippen molar-refractivity contribution < 1.29 is 1.37 Å². The number of thiophene rings is 1. The van der Waals surface area contributed by atoms with Gasteiger partial charge in [0.05, 0.1) is 12.6 Å². The van der Waals surface area contributed by atoms with E-state index in [-0.39, 0.29) is 6.85 Å². The molecule has 10 aromatic rings. The zero-order valence-electron chi connectivity index (χ0n) is 28.4. The molecule has 1 aliphatic rings. The van der Waals surface area contributed by atoms with Gasteiger partial charge in [-0.25, -0.2) is 9.97 Å². The molecule has 3 nitrogen and oxygen atoms in total. The minimum Gasteiger partial charge on any atom is -0.345 e. The lowest BCUT2D eigenvalue weighted by Crippen LogP contribution is -2.58. The lowest BCUT2D eigenvalue weighted by Gasteiger charge is -2.39. The molecule has 236 valence electrons. The molecule has 0 aliphatic carbocycles. The van der Waals surface area contributed by atoms with Crippen molar-refractivity contribution in [3.63, 3.8) is 0 Å². The van der Waals surface area contributed by atoms with Gasteiger partial charge in [0.2, 0.25) is 5.95 Å². The van der Waals surface area contributed by atoms with Gasteiger partial charge in [-0.05, 0) is 39.3 Å². The molecule has 0 saturated heterocycles. The summed E-state index contributed by atoms with van der Waals surface area (Å²) in [6, 6.07) is 58.3. The van der Waals surface area contributed by atoms with Gasteiger partial charge in [0.25, 0.3) is 0 Å². The summed E-state index contributed by atoms with van der Waals surface area (Å²) < 4.78 is 11.5. The second kappa shape index (κ2) is 11.1. The van der Waals surface area contributed by atoms with Crippen LogP contribution in [-0.2, 0) is 0 Å². The number of hydrogen-bond donors (Lipinski definition) is 0. The van der Waals surface area contributed by atoms with Gasteiger partial charge in [0, 0.05) is 47.8 Å². The minimum absolute atomic E-state index is 0.239. The standard InChI is InChI=1S/C46H28BN3S/c1-3-16-30(17-4-1)43-35-23-11-13-25-38(35)48-46(49-43)50-44-41(33-21-9-10-22-34(33)45-42(44)36-24-12-14-26-39(36)51-45)40-32-20-8-7-15-29(32)27-28-37(40)47(50)31-18-5-2-6-19-31/h1-28H/i23D. The zero-order valence-corrected chi connectivity index (χ0v) is 28.2.